The molecule has 7 nitrogen and oxygen atoms in total. The third-order valence-electron chi connectivity index (χ3n) is 3.89. The van der Waals surface area contributed by atoms with Crippen LogP contribution in [0.2, 0.25) is 0 Å². The monoisotopic (exact) mass is 371 g/mol. The maximum atomic E-state index is 12.5. The molecule has 8 heteroatoms. The Labute approximate surface area is 153 Å². The molecule has 0 saturated heterocycles. The zero-order valence-electron chi connectivity index (χ0n) is 14.3. The van der Waals surface area contributed by atoms with Gasteiger partial charge in [-0.05, 0) is 11.6 Å². The van der Waals surface area contributed by atoms with Crippen molar-refractivity contribution in [1.29, 1.82) is 0 Å². The maximum absolute atomic E-state index is 12.5. The highest BCUT2D eigenvalue weighted by Crippen LogP contribution is 2.23. The van der Waals surface area contributed by atoms with Crippen LogP contribution < -0.4 is 11.2 Å². The number of benzene rings is 1. The second-order valence-electron chi connectivity index (χ2n) is 5.65. The molecule has 0 aliphatic heterocycles. The third-order valence-corrected chi connectivity index (χ3v) is 4.92. The van der Waals surface area contributed by atoms with Crippen molar-refractivity contribution >= 4 is 28.8 Å². The molecule has 1 aromatic carbocycles. The quantitative estimate of drug-likeness (QED) is 0.499. The van der Waals surface area contributed by atoms with Gasteiger partial charge in [-0.1, -0.05) is 30.3 Å². The smallest absolute Gasteiger partial charge is 0.332 e. The number of aryl methyl sites for hydroxylation is 1. The first kappa shape index (κ1) is 17.9. The van der Waals surface area contributed by atoms with Crippen LogP contribution >= 0.6 is 11.8 Å². The Balaban J connectivity index is 1.78. The molecule has 0 bridgehead atoms. The predicted molar refractivity (Wildman–Crippen MR) is 99.2 cm³/mol. The number of carbonyl (C=O) groups excluding carboxylic acids is 1. The molecular weight excluding hydrogens is 354 g/mol. The topological polar surface area (TPSA) is 83.2 Å². The molecule has 0 N–H and O–H groups in total. The molecule has 3 aromatic rings. The molecule has 26 heavy (non-hydrogen) atoms. The Kier molecular flexibility index (Phi) is 5.22. The number of carbonyl (C=O) groups is 1. The molecule has 3 rings (SSSR count). The van der Waals surface area contributed by atoms with Crippen LogP contribution in [-0.4, -0.2) is 25.8 Å². The van der Waals surface area contributed by atoms with E-state index in [4.69, 9.17) is 4.74 Å². The van der Waals surface area contributed by atoms with E-state index in [2.05, 4.69) is 4.98 Å². The lowest BCUT2D eigenvalue weighted by Gasteiger charge is -2.10. The van der Waals surface area contributed by atoms with E-state index in [0.717, 1.165) is 10.1 Å². The van der Waals surface area contributed by atoms with Gasteiger partial charge in [0.15, 0.2) is 0 Å². The lowest BCUT2D eigenvalue weighted by Crippen LogP contribution is -2.37. The molecule has 0 aliphatic carbocycles. The lowest BCUT2D eigenvalue weighted by molar-refractivity contribution is -0.141. The van der Waals surface area contributed by atoms with E-state index in [1.54, 1.807) is 13.1 Å². The summed E-state index contributed by atoms with van der Waals surface area (Å²) in [4.78, 5) is 41.2. The van der Waals surface area contributed by atoms with Crippen molar-refractivity contribution in [1.82, 2.24) is 14.1 Å². The summed E-state index contributed by atoms with van der Waals surface area (Å²) in [6.45, 7) is 0.202. The first-order valence-electron chi connectivity index (χ1n) is 7.86. The minimum Gasteiger partial charge on any atom is -0.460 e. The number of nitrogens with zero attached hydrogens (tertiary/aromatic N) is 3. The van der Waals surface area contributed by atoms with Crippen LogP contribution in [0.5, 0.6) is 0 Å². The standard InChI is InChI=1S/C18H17N3O4S/c1-20-16-15(17(23)21(2)18(20)24)13(8-9-19-16)26-11-14(22)25-10-12-6-4-3-5-7-12/h3-9H,10-11H2,1-2H3. The average molecular weight is 371 g/mol. The fourth-order valence-electron chi connectivity index (χ4n) is 2.50. The molecule has 0 aliphatic rings. The summed E-state index contributed by atoms with van der Waals surface area (Å²) in [5.41, 5.74) is 0.320. The first-order valence-corrected chi connectivity index (χ1v) is 8.84. The predicted octanol–water partition coefficient (Wildman–Crippen LogP) is 1.47. The summed E-state index contributed by atoms with van der Waals surface area (Å²) in [5.74, 6) is -0.330. The minimum atomic E-state index is -0.445. The number of esters is 1. The molecule has 0 amide bonds. The van der Waals surface area contributed by atoms with E-state index >= 15 is 0 Å². The zero-order valence-corrected chi connectivity index (χ0v) is 15.2. The van der Waals surface area contributed by atoms with Gasteiger partial charge in [0.25, 0.3) is 5.56 Å². The van der Waals surface area contributed by atoms with Crippen molar-refractivity contribution in [3.05, 3.63) is 69.0 Å². The molecule has 0 spiro atoms. The van der Waals surface area contributed by atoms with Crippen molar-refractivity contribution in [2.45, 2.75) is 11.5 Å². The van der Waals surface area contributed by atoms with E-state index < -0.39 is 11.2 Å². The Morgan fingerprint density at radius 2 is 1.85 bits per heavy atom. The van der Waals surface area contributed by atoms with Gasteiger partial charge in [0.2, 0.25) is 0 Å². The third kappa shape index (κ3) is 3.55. The molecule has 134 valence electrons. The van der Waals surface area contributed by atoms with Crippen molar-refractivity contribution in [3.63, 3.8) is 0 Å². The summed E-state index contributed by atoms with van der Waals surface area (Å²) < 4.78 is 7.59. The van der Waals surface area contributed by atoms with Crippen molar-refractivity contribution in [2.75, 3.05) is 5.75 Å². The fourth-order valence-corrected chi connectivity index (χ4v) is 3.33. The van der Waals surface area contributed by atoms with Crippen LogP contribution in [0.25, 0.3) is 11.0 Å². The summed E-state index contributed by atoms with van der Waals surface area (Å²) in [5, 5.41) is 0.318. The van der Waals surface area contributed by atoms with Gasteiger partial charge >= 0.3 is 11.7 Å². The number of aromatic nitrogens is 3. The van der Waals surface area contributed by atoms with Gasteiger partial charge in [-0.15, -0.1) is 11.8 Å². The molecule has 0 saturated carbocycles. The highest BCUT2D eigenvalue weighted by molar-refractivity contribution is 8.00. The largest absolute Gasteiger partial charge is 0.460 e. The molecule has 0 fully saturated rings. The molecule has 0 atom stereocenters. The number of pyridine rings is 1. The van der Waals surface area contributed by atoms with Gasteiger partial charge in [-0.25, -0.2) is 9.78 Å². The Bertz CT molecular complexity index is 1070. The van der Waals surface area contributed by atoms with Crippen LogP contribution in [0.3, 0.4) is 0 Å². The zero-order chi connectivity index (χ0) is 18.7. The van der Waals surface area contributed by atoms with Gasteiger partial charge in [-0.3, -0.25) is 18.7 Å². The highest BCUT2D eigenvalue weighted by Gasteiger charge is 2.15. The summed E-state index contributed by atoms with van der Waals surface area (Å²) in [7, 11) is 2.97. The van der Waals surface area contributed by atoms with Crippen LogP contribution in [-0.2, 0) is 30.2 Å². The summed E-state index contributed by atoms with van der Waals surface area (Å²) >= 11 is 1.19. The number of ether oxygens (including phenoxy) is 1. The Hall–Kier alpha value is -2.87. The fraction of sp³-hybridized carbons (Fsp3) is 0.222. The summed E-state index contributed by atoms with van der Waals surface area (Å²) in [6.07, 6.45) is 1.51. The second kappa shape index (κ2) is 7.57. The van der Waals surface area contributed by atoms with Gasteiger partial charge < -0.3 is 4.74 Å². The molecule has 2 aromatic heterocycles. The highest BCUT2D eigenvalue weighted by atomic mass is 32.2. The number of hydrogen-bond donors (Lipinski definition) is 0. The van der Waals surface area contributed by atoms with Crippen LogP contribution in [0.1, 0.15) is 5.56 Å². The van der Waals surface area contributed by atoms with E-state index in [1.165, 1.54) is 29.6 Å². The average Bonchev–Trinajstić information content (AvgIpc) is 2.68. The molecule has 2 heterocycles. The van der Waals surface area contributed by atoms with E-state index in [9.17, 15) is 14.4 Å². The van der Waals surface area contributed by atoms with E-state index in [-0.39, 0.29) is 18.3 Å². The summed E-state index contributed by atoms with van der Waals surface area (Å²) in [6, 6.07) is 11.1. The molecule has 0 radical (unpaired) electrons. The number of hydrogen-bond acceptors (Lipinski definition) is 6. The van der Waals surface area contributed by atoms with Crippen LogP contribution in [0.4, 0.5) is 0 Å². The molecule has 0 unspecified atom stereocenters. The van der Waals surface area contributed by atoms with E-state index in [0.29, 0.717) is 15.9 Å². The lowest BCUT2D eigenvalue weighted by atomic mass is 10.2. The first-order chi connectivity index (χ1) is 12.5. The SMILES string of the molecule is Cn1c(=O)c2c(SCC(=O)OCc3ccccc3)ccnc2n(C)c1=O. The van der Waals surface area contributed by atoms with Gasteiger partial charge in [-0.2, -0.15) is 0 Å². The second-order valence-corrected chi connectivity index (χ2v) is 6.67. The van der Waals surface area contributed by atoms with Crippen molar-refractivity contribution < 1.29 is 9.53 Å². The Morgan fingerprint density at radius 3 is 2.58 bits per heavy atom. The molecular formula is C18H17N3O4S. The van der Waals surface area contributed by atoms with Gasteiger partial charge in [0, 0.05) is 25.2 Å². The van der Waals surface area contributed by atoms with Crippen LogP contribution in [0.15, 0.2) is 57.1 Å². The maximum Gasteiger partial charge on any atom is 0.332 e. The van der Waals surface area contributed by atoms with E-state index in [1.807, 2.05) is 30.3 Å². The van der Waals surface area contributed by atoms with Crippen molar-refractivity contribution in [2.24, 2.45) is 14.1 Å². The number of fused-ring (bicyclic) bond motifs is 1. The van der Waals surface area contributed by atoms with Crippen molar-refractivity contribution in [3.8, 4) is 0 Å². The van der Waals surface area contributed by atoms with Gasteiger partial charge in [0.1, 0.15) is 12.3 Å². The Morgan fingerprint density at radius 1 is 1.12 bits per heavy atom. The number of thioether (sulfide) groups is 1. The number of rotatable bonds is 5. The minimum absolute atomic E-state index is 0.0535. The van der Waals surface area contributed by atoms with Gasteiger partial charge in [0.05, 0.1) is 11.1 Å². The van der Waals surface area contributed by atoms with Crippen LogP contribution in [0, 0.1) is 0 Å². The normalized spacial score (nSPS) is 10.8.